The third-order valence-corrected chi connectivity index (χ3v) is 8.50. The summed E-state index contributed by atoms with van der Waals surface area (Å²) in [6.45, 7) is 7.69. The van der Waals surface area contributed by atoms with Gasteiger partial charge in [0.05, 0.1) is 0 Å². The van der Waals surface area contributed by atoms with Crippen LogP contribution in [-0.4, -0.2) is 23.3 Å². The second-order valence-corrected chi connectivity index (χ2v) is 12.8. The fourth-order valence-corrected chi connectivity index (χ4v) is 5.85. The molecule has 0 spiro atoms. The van der Waals surface area contributed by atoms with Crippen molar-refractivity contribution in [1.29, 1.82) is 0 Å². The van der Waals surface area contributed by atoms with Gasteiger partial charge in [0.15, 0.2) is 0 Å². The number of aryl methyl sites for hydroxylation is 1. The highest BCUT2D eigenvalue weighted by Crippen LogP contribution is 2.35. The van der Waals surface area contributed by atoms with Crippen molar-refractivity contribution in [2.24, 2.45) is 11.8 Å². The van der Waals surface area contributed by atoms with Crippen molar-refractivity contribution in [1.82, 2.24) is 10.3 Å². The molecule has 2 fully saturated rings. The Bertz CT molecular complexity index is 1450. The maximum atomic E-state index is 13.5. The molecule has 2 heterocycles. The first-order valence-corrected chi connectivity index (χ1v) is 15.0. The zero-order chi connectivity index (χ0) is 28.6. The first kappa shape index (κ1) is 27.5. The molecule has 7 nitrogen and oxygen atoms in total. The van der Waals surface area contributed by atoms with Crippen LogP contribution in [0, 0.1) is 11.8 Å². The largest absolute Gasteiger partial charge is 0.457 e. The van der Waals surface area contributed by atoms with Gasteiger partial charge in [-0.3, -0.25) is 9.59 Å². The zero-order valence-electron chi connectivity index (χ0n) is 24.3. The summed E-state index contributed by atoms with van der Waals surface area (Å²) in [5, 5.41) is 9.74. The SMILES string of the molecule is CC(C)(C)c1cc(NC(=O)C2CCc3ccc(Oc4ccnc(NC(=O)C5CC5)c4)cc3C2)cc([C@H]2CCCN2)c1. The van der Waals surface area contributed by atoms with Gasteiger partial charge in [0.25, 0.3) is 0 Å². The minimum Gasteiger partial charge on any atom is -0.457 e. The summed E-state index contributed by atoms with van der Waals surface area (Å²) in [5.41, 5.74) is 5.78. The third-order valence-electron chi connectivity index (χ3n) is 8.50. The predicted octanol–water partition coefficient (Wildman–Crippen LogP) is 6.69. The van der Waals surface area contributed by atoms with Gasteiger partial charge in [-0.05, 0) is 109 Å². The van der Waals surface area contributed by atoms with E-state index < -0.39 is 0 Å². The van der Waals surface area contributed by atoms with Crippen LogP contribution in [0.3, 0.4) is 0 Å². The quantitative estimate of drug-likeness (QED) is 0.304. The van der Waals surface area contributed by atoms with Gasteiger partial charge in [0, 0.05) is 35.8 Å². The van der Waals surface area contributed by atoms with E-state index in [4.69, 9.17) is 4.74 Å². The molecule has 2 aliphatic carbocycles. The zero-order valence-corrected chi connectivity index (χ0v) is 24.3. The van der Waals surface area contributed by atoms with E-state index in [9.17, 15) is 9.59 Å². The minimum absolute atomic E-state index is 0.00728. The lowest BCUT2D eigenvalue weighted by molar-refractivity contribution is -0.120. The van der Waals surface area contributed by atoms with Gasteiger partial charge >= 0.3 is 0 Å². The molecule has 2 amide bonds. The average Bonchev–Trinajstić information content (AvgIpc) is 3.66. The fraction of sp³-hybridized carbons (Fsp3) is 0.441. The van der Waals surface area contributed by atoms with Gasteiger partial charge in [0.1, 0.15) is 17.3 Å². The summed E-state index contributed by atoms with van der Waals surface area (Å²) in [4.78, 5) is 29.9. The van der Waals surface area contributed by atoms with E-state index in [1.54, 1.807) is 18.3 Å². The van der Waals surface area contributed by atoms with Crippen LogP contribution in [0.25, 0.3) is 0 Å². The molecular weight excluding hydrogens is 512 g/mol. The highest BCUT2D eigenvalue weighted by Gasteiger charge is 2.30. The molecule has 1 aliphatic heterocycles. The number of anilines is 2. The Labute approximate surface area is 242 Å². The topological polar surface area (TPSA) is 92.3 Å². The lowest BCUT2D eigenvalue weighted by Gasteiger charge is -2.26. The molecule has 3 N–H and O–H groups in total. The lowest BCUT2D eigenvalue weighted by atomic mass is 9.83. The van der Waals surface area contributed by atoms with Crippen molar-refractivity contribution >= 4 is 23.3 Å². The van der Waals surface area contributed by atoms with Gasteiger partial charge in [0.2, 0.25) is 11.8 Å². The summed E-state index contributed by atoms with van der Waals surface area (Å²) in [5.74, 6) is 1.92. The van der Waals surface area contributed by atoms with Crippen molar-refractivity contribution in [2.75, 3.05) is 17.2 Å². The standard InChI is InChI=1S/C34H40N4O3/c1-34(2,3)26-16-25(30-5-4-13-35-30)17-27(19-26)37-33(40)23-9-6-21-10-11-28(18-24(21)15-23)41-29-12-14-36-31(20-29)38-32(39)22-7-8-22/h10-12,14,16-20,22-23,30,35H,4-9,13,15H2,1-3H3,(H,37,40)(H,36,38,39)/t23?,30-/m1/s1. The Balaban J connectivity index is 1.14. The number of nitrogens with zero attached hydrogens (tertiary/aromatic N) is 1. The van der Waals surface area contributed by atoms with E-state index in [2.05, 4.69) is 66.0 Å². The molecule has 0 radical (unpaired) electrons. The smallest absolute Gasteiger partial charge is 0.228 e. The lowest BCUT2D eigenvalue weighted by Crippen LogP contribution is -2.28. The molecule has 3 aromatic rings. The van der Waals surface area contributed by atoms with Crippen LogP contribution in [-0.2, 0) is 27.8 Å². The summed E-state index contributed by atoms with van der Waals surface area (Å²) in [6.07, 6.45) is 8.19. The molecule has 214 valence electrons. The van der Waals surface area contributed by atoms with Gasteiger partial charge in [-0.1, -0.05) is 32.9 Å². The van der Waals surface area contributed by atoms with Crippen LogP contribution in [0.4, 0.5) is 11.5 Å². The summed E-state index contributed by atoms with van der Waals surface area (Å²) >= 11 is 0. The average molecular weight is 553 g/mol. The Morgan fingerprint density at radius 1 is 0.878 bits per heavy atom. The molecule has 0 bridgehead atoms. The van der Waals surface area contributed by atoms with Gasteiger partial charge in [-0.15, -0.1) is 0 Å². The minimum atomic E-state index is -0.103. The maximum absolute atomic E-state index is 13.5. The number of aromatic nitrogens is 1. The summed E-state index contributed by atoms with van der Waals surface area (Å²) in [7, 11) is 0. The number of ether oxygens (including phenoxy) is 1. The summed E-state index contributed by atoms with van der Waals surface area (Å²) < 4.78 is 6.14. The van der Waals surface area contributed by atoms with Gasteiger partial charge in [-0.2, -0.15) is 0 Å². The fourth-order valence-electron chi connectivity index (χ4n) is 5.85. The van der Waals surface area contributed by atoms with Crippen molar-refractivity contribution in [3.05, 3.63) is 77.0 Å². The number of pyridine rings is 1. The number of carbonyl (C=O) groups is 2. The van der Waals surface area contributed by atoms with Crippen LogP contribution in [0.2, 0.25) is 0 Å². The van der Waals surface area contributed by atoms with Crippen LogP contribution in [0.5, 0.6) is 11.5 Å². The molecule has 1 aromatic heterocycles. The van der Waals surface area contributed by atoms with E-state index >= 15 is 0 Å². The van der Waals surface area contributed by atoms with Crippen LogP contribution in [0.1, 0.15) is 81.2 Å². The number of fused-ring (bicyclic) bond motifs is 1. The number of nitrogens with one attached hydrogen (secondary N) is 3. The highest BCUT2D eigenvalue weighted by molar-refractivity contribution is 5.94. The van der Waals surface area contributed by atoms with E-state index in [0.29, 0.717) is 29.8 Å². The van der Waals surface area contributed by atoms with E-state index in [1.165, 1.54) is 23.1 Å². The monoisotopic (exact) mass is 552 g/mol. The normalized spacial score (nSPS) is 20.3. The van der Waals surface area contributed by atoms with Crippen LogP contribution < -0.4 is 20.7 Å². The van der Waals surface area contributed by atoms with E-state index in [-0.39, 0.29) is 29.1 Å². The molecule has 7 heteroatoms. The number of amides is 2. The first-order chi connectivity index (χ1) is 19.7. The predicted molar refractivity (Wildman–Crippen MR) is 161 cm³/mol. The Hall–Kier alpha value is -3.71. The van der Waals surface area contributed by atoms with E-state index in [0.717, 1.165) is 49.9 Å². The molecule has 6 rings (SSSR count). The molecule has 2 aromatic carbocycles. The molecule has 1 unspecified atom stereocenters. The Morgan fingerprint density at radius 3 is 2.44 bits per heavy atom. The number of benzene rings is 2. The number of hydrogen-bond acceptors (Lipinski definition) is 5. The molecule has 3 aliphatic rings. The number of rotatable bonds is 7. The second-order valence-electron chi connectivity index (χ2n) is 12.8. The number of hydrogen-bond donors (Lipinski definition) is 3. The molecule has 1 saturated heterocycles. The Kier molecular flexibility index (Phi) is 7.56. The van der Waals surface area contributed by atoms with Gasteiger partial charge in [-0.25, -0.2) is 4.98 Å². The van der Waals surface area contributed by atoms with Crippen molar-refractivity contribution in [3.63, 3.8) is 0 Å². The van der Waals surface area contributed by atoms with Crippen molar-refractivity contribution in [2.45, 2.75) is 77.2 Å². The van der Waals surface area contributed by atoms with E-state index in [1.807, 2.05) is 12.1 Å². The maximum Gasteiger partial charge on any atom is 0.228 e. The molecule has 41 heavy (non-hydrogen) atoms. The number of carbonyl (C=O) groups excluding carboxylic acids is 2. The third kappa shape index (κ3) is 6.62. The van der Waals surface area contributed by atoms with Crippen LogP contribution >= 0.6 is 0 Å². The Morgan fingerprint density at radius 2 is 1.68 bits per heavy atom. The first-order valence-electron chi connectivity index (χ1n) is 15.0. The van der Waals surface area contributed by atoms with Crippen molar-refractivity contribution in [3.8, 4) is 11.5 Å². The molecule has 1 saturated carbocycles. The molecule has 2 atom stereocenters. The van der Waals surface area contributed by atoms with Gasteiger partial charge < -0.3 is 20.7 Å². The second kappa shape index (κ2) is 11.3. The summed E-state index contributed by atoms with van der Waals surface area (Å²) in [6, 6.07) is 16.6. The highest BCUT2D eigenvalue weighted by atomic mass is 16.5. The molecular formula is C34H40N4O3. The van der Waals surface area contributed by atoms with Crippen molar-refractivity contribution < 1.29 is 14.3 Å². The van der Waals surface area contributed by atoms with Crippen LogP contribution in [0.15, 0.2) is 54.7 Å².